The zero-order valence-corrected chi connectivity index (χ0v) is 11.3. The van der Waals surface area contributed by atoms with Crippen LogP contribution in [0.2, 0.25) is 0 Å². The lowest BCUT2D eigenvalue weighted by Gasteiger charge is -2.32. The third-order valence-corrected chi connectivity index (χ3v) is 4.05. The van der Waals surface area contributed by atoms with Crippen molar-refractivity contribution in [2.75, 3.05) is 26.2 Å². The van der Waals surface area contributed by atoms with Gasteiger partial charge < -0.3 is 20.6 Å². The fraction of sp³-hybridized carbons (Fsp3) is 0.846. The van der Waals surface area contributed by atoms with Gasteiger partial charge in [0.05, 0.1) is 12.0 Å². The van der Waals surface area contributed by atoms with E-state index in [1.54, 1.807) is 4.90 Å². The maximum absolute atomic E-state index is 12.3. The predicted molar refractivity (Wildman–Crippen MR) is 71.0 cm³/mol. The van der Waals surface area contributed by atoms with Gasteiger partial charge in [0.1, 0.15) is 0 Å². The van der Waals surface area contributed by atoms with Crippen molar-refractivity contribution in [1.29, 1.82) is 0 Å². The van der Waals surface area contributed by atoms with Crippen LogP contribution in [0.15, 0.2) is 0 Å². The standard InChI is InChI=1S/C13H23N3O3/c17-11(18)10-13(4-1-2-5-13)15-12(19)16-8-3-6-14-7-9-16/h14H,1-10H2,(H,15,19)(H,17,18). The Balaban J connectivity index is 1.96. The Morgan fingerprint density at radius 3 is 2.58 bits per heavy atom. The number of nitrogens with zero attached hydrogens (tertiary/aromatic N) is 1. The molecule has 2 rings (SSSR count). The van der Waals surface area contributed by atoms with Crippen LogP contribution in [0, 0.1) is 0 Å². The number of aliphatic carboxylic acids is 1. The van der Waals surface area contributed by atoms with E-state index in [0.717, 1.165) is 51.7 Å². The number of carbonyl (C=O) groups excluding carboxylic acids is 1. The van der Waals surface area contributed by atoms with E-state index in [1.807, 2.05) is 0 Å². The first kappa shape index (κ1) is 14.1. The van der Waals surface area contributed by atoms with Crippen LogP contribution < -0.4 is 10.6 Å². The molecular weight excluding hydrogens is 246 g/mol. The first-order valence-electron chi connectivity index (χ1n) is 7.11. The van der Waals surface area contributed by atoms with Crippen molar-refractivity contribution in [1.82, 2.24) is 15.5 Å². The van der Waals surface area contributed by atoms with Crippen molar-refractivity contribution in [2.45, 2.75) is 44.1 Å². The summed E-state index contributed by atoms with van der Waals surface area (Å²) in [5, 5.41) is 15.3. The molecule has 1 saturated carbocycles. The molecule has 1 aliphatic heterocycles. The van der Waals surface area contributed by atoms with Gasteiger partial charge in [0.15, 0.2) is 0 Å². The third-order valence-electron chi connectivity index (χ3n) is 4.05. The van der Waals surface area contributed by atoms with Crippen LogP contribution in [-0.4, -0.2) is 53.7 Å². The Morgan fingerprint density at radius 2 is 1.89 bits per heavy atom. The van der Waals surface area contributed by atoms with E-state index in [1.165, 1.54) is 0 Å². The minimum absolute atomic E-state index is 0.0326. The van der Waals surface area contributed by atoms with Gasteiger partial charge in [-0.3, -0.25) is 4.79 Å². The van der Waals surface area contributed by atoms with E-state index in [0.29, 0.717) is 6.54 Å². The molecule has 0 aromatic heterocycles. The van der Waals surface area contributed by atoms with Crippen molar-refractivity contribution >= 4 is 12.0 Å². The van der Waals surface area contributed by atoms with Crippen LogP contribution in [0.25, 0.3) is 0 Å². The minimum atomic E-state index is -0.834. The number of amides is 2. The highest BCUT2D eigenvalue weighted by Crippen LogP contribution is 2.32. The summed E-state index contributed by atoms with van der Waals surface area (Å²) in [6.45, 7) is 3.17. The van der Waals surface area contributed by atoms with Crippen molar-refractivity contribution in [2.24, 2.45) is 0 Å². The highest BCUT2D eigenvalue weighted by atomic mass is 16.4. The summed E-state index contributed by atoms with van der Waals surface area (Å²) in [4.78, 5) is 25.1. The van der Waals surface area contributed by atoms with Crippen LogP contribution >= 0.6 is 0 Å². The average molecular weight is 269 g/mol. The van der Waals surface area contributed by atoms with Crippen molar-refractivity contribution in [3.05, 3.63) is 0 Å². The molecule has 6 nitrogen and oxygen atoms in total. The first-order chi connectivity index (χ1) is 9.11. The molecule has 3 N–H and O–H groups in total. The number of carbonyl (C=O) groups is 2. The normalized spacial score (nSPS) is 22.8. The Bertz CT molecular complexity index is 332. The van der Waals surface area contributed by atoms with Crippen LogP contribution in [0.3, 0.4) is 0 Å². The van der Waals surface area contributed by atoms with Crippen molar-refractivity contribution < 1.29 is 14.7 Å². The summed E-state index contributed by atoms with van der Waals surface area (Å²) in [5.41, 5.74) is -0.525. The van der Waals surface area contributed by atoms with E-state index in [4.69, 9.17) is 5.11 Å². The molecule has 19 heavy (non-hydrogen) atoms. The Kier molecular flexibility index (Phi) is 4.63. The molecule has 0 aromatic rings. The second kappa shape index (κ2) is 6.23. The van der Waals surface area contributed by atoms with E-state index >= 15 is 0 Å². The van der Waals surface area contributed by atoms with Gasteiger partial charge in [-0.2, -0.15) is 0 Å². The van der Waals surface area contributed by atoms with Gasteiger partial charge in [0.2, 0.25) is 0 Å². The van der Waals surface area contributed by atoms with Gasteiger partial charge >= 0.3 is 12.0 Å². The largest absolute Gasteiger partial charge is 0.481 e. The highest BCUT2D eigenvalue weighted by Gasteiger charge is 2.38. The first-order valence-corrected chi connectivity index (χ1v) is 7.11. The Labute approximate surface area is 113 Å². The summed E-state index contributed by atoms with van der Waals surface area (Å²) in [7, 11) is 0. The van der Waals surface area contributed by atoms with Gasteiger partial charge in [-0.25, -0.2) is 4.79 Å². The molecule has 0 unspecified atom stereocenters. The van der Waals surface area contributed by atoms with Gasteiger partial charge in [0, 0.05) is 19.6 Å². The molecule has 1 aliphatic carbocycles. The quantitative estimate of drug-likeness (QED) is 0.707. The molecular formula is C13H23N3O3. The number of carboxylic acid groups (broad SMARTS) is 1. The number of carboxylic acids is 1. The molecule has 0 bridgehead atoms. The molecule has 0 radical (unpaired) electrons. The lowest BCUT2D eigenvalue weighted by atomic mass is 9.93. The zero-order chi connectivity index (χ0) is 13.7. The SMILES string of the molecule is O=C(O)CC1(NC(=O)N2CCCNCC2)CCCC1. The van der Waals surface area contributed by atoms with E-state index in [-0.39, 0.29) is 12.5 Å². The Hall–Kier alpha value is -1.30. The average Bonchev–Trinajstić information content (AvgIpc) is 2.65. The molecule has 2 fully saturated rings. The topological polar surface area (TPSA) is 81.7 Å². The predicted octanol–water partition coefficient (Wildman–Crippen LogP) is 0.779. The number of hydrogen-bond donors (Lipinski definition) is 3. The molecule has 0 aromatic carbocycles. The summed E-state index contributed by atoms with van der Waals surface area (Å²) in [6.07, 6.45) is 4.52. The molecule has 1 saturated heterocycles. The summed E-state index contributed by atoms with van der Waals surface area (Å²) in [5.74, 6) is -0.834. The van der Waals surface area contributed by atoms with Gasteiger partial charge in [-0.05, 0) is 25.8 Å². The maximum Gasteiger partial charge on any atom is 0.317 e. The van der Waals surface area contributed by atoms with Crippen LogP contribution in [0.5, 0.6) is 0 Å². The van der Waals surface area contributed by atoms with E-state index in [2.05, 4.69) is 10.6 Å². The fourth-order valence-corrected chi connectivity index (χ4v) is 3.04. The Morgan fingerprint density at radius 1 is 1.16 bits per heavy atom. The second-order valence-corrected chi connectivity index (χ2v) is 5.58. The zero-order valence-electron chi connectivity index (χ0n) is 11.3. The minimum Gasteiger partial charge on any atom is -0.481 e. The monoisotopic (exact) mass is 269 g/mol. The smallest absolute Gasteiger partial charge is 0.317 e. The fourth-order valence-electron chi connectivity index (χ4n) is 3.04. The summed E-state index contributed by atoms with van der Waals surface area (Å²) >= 11 is 0. The molecule has 2 amide bonds. The number of urea groups is 1. The number of rotatable bonds is 3. The number of hydrogen-bond acceptors (Lipinski definition) is 3. The second-order valence-electron chi connectivity index (χ2n) is 5.58. The van der Waals surface area contributed by atoms with E-state index < -0.39 is 11.5 Å². The number of nitrogens with one attached hydrogen (secondary N) is 2. The third kappa shape index (κ3) is 3.83. The van der Waals surface area contributed by atoms with Crippen LogP contribution in [0.1, 0.15) is 38.5 Å². The molecule has 1 heterocycles. The van der Waals surface area contributed by atoms with E-state index in [9.17, 15) is 9.59 Å². The van der Waals surface area contributed by atoms with Crippen molar-refractivity contribution in [3.8, 4) is 0 Å². The lowest BCUT2D eigenvalue weighted by molar-refractivity contribution is -0.138. The van der Waals surface area contributed by atoms with Crippen molar-refractivity contribution in [3.63, 3.8) is 0 Å². The maximum atomic E-state index is 12.3. The molecule has 2 aliphatic rings. The lowest BCUT2D eigenvalue weighted by Crippen LogP contribution is -2.53. The van der Waals surface area contributed by atoms with Crippen LogP contribution in [0.4, 0.5) is 4.79 Å². The van der Waals surface area contributed by atoms with Gasteiger partial charge in [-0.1, -0.05) is 12.8 Å². The van der Waals surface area contributed by atoms with Crippen LogP contribution in [-0.2, 0) is 4.79 Å². The summed E-state index contributed by atoms with van der Waals surface area (Å²) < 4.78 is 0. The summed E-state index contributed by atoms with van der Waals surface area (Å²) in [6, 6.07) is -0.105. The molecule has 0 spiro atoms. The van der Waals surface area contributed by atoms with Gasteiger partial charge in [-0.15, -0.1) is 0 Å². The highest BCUT2D eigenvalue weighted by molar-refractivity contribution is 5.77. The van der Waals surface area contributed by atoms with Gasteiger partial charge in [0.25, 0.3) is 0 Å². The molecule has 0 atom stereocenters. The molecule has 108 valence electrons. The molecule has 6 heteroatoms.